The van der Waals surface area contributed by atoms with E-state index in [2.05, 4.69) is 0 Å². The summed E-state index contributed by atoms with van der Waals surface area (Å²) in [5, 5.41) is 10.4. The Morgan fingerprint density at radius 2 is 1.45 bits per heavy atom. The molecule has 0 amide bonds. The molecule has 2 aromatic rings. The van der Waals surface area contributed by atoms with E-state index in [9.17, 15) is 14.7 Å². The maximum absolute atomic E-state index is 12.2. The van der Waals surface area contributed by atoms with Gasteiger partial charge in [-0.15, -0.1) is 11.8 Å². The third kappa shape index (κ3) is 4.46. The fourth-order valence-electron chi connectivity index (χ4n) is 1.98. The molecule has 0 aliphatic rings. The first-order chi connectivity index (χ1) is 10.5. The van der Waals surface area contributed by atoms with Crippen LogP contribution in [0.25, 0.3) is 0 Å². The first-order valence-electron chi connectivity index (χ1n) is 7.00. The number of hydrogen-bond donors (Lipinski definition) is 0. The molecule has 114 valence electrons. The van der Waals surface area contributed by atoms with Crippen molar-refractivity contribution in [2.75, 3.05) is 0 Å². The smallest absolute Gasteiger partial charge is 0.164 e. The highest BCUT2D eigenvalue weighted by Crippen LogP contribution is 2.26. The number of benzene rings is 2. The molecule has 0 saturated heterocycles. The molecule has 0 aromatic heterocycles. The van der Waals surface area contributed by atoms with E-state index in [4.69, 9.17) is 0 Å². The Bertz CT molecular complexity index is 660. The first kappa shape index (κ1) is 16.3. The van der Waals surface area contributed by atoms with Crippen molar-refractivity contribution in [3.05, 3.63) is 65.2 Å². The number of hydrogen-bond acceptors (Lipinski definition) is 4. The van der Waals surface area contributed by atoms with Crippen molar-refractivity contribution in [2.24, 2.45) is 0 Å². The lowest BCUT2D eigenvalue weighted by Crippen LogP contribution is -2.35. The molecule has 2 rings (SSSR count). The van der Waals surface area contributed by atoms with Crippen molar-refractivity contribution >= 4 is 23.5 Å². The highest BCUT2D eigenvalue weighted by Gasteiger charge is 2.17. The van der Waals surface area contributed by atoms with Gasteiger partial charge in [0.15, 0.2) is 5.78 Å². The van der Waals surface area contributed by atoms with Crippen molar-refractivity contribution in [2.45, 2.75) is 30.4 Å². The second kappa shape index (κ2) is 7.27. The van der Waals surface area contributed by atoms with Crippen LogP contribution in [0.3, 0.4) is 0 Å². The van der Waals surface area contributed by atoms with Crippen LogP contribution in [0.5, 0.6) is 0 Å². The number of carboxylic acid groups (broad SMARTS) is 1. The summed E-state index contributed by atoms with van der Waals surface area (Å²) in [6.45, 7) is 3.90. The lowest BCUT2D eigenvalue weighted by molar-refractivity contribution is -0.304. The molecule has 2 aromatic carbocycles. The maximum Gasteiger partial charge on any atom is 0.164 e. The summed E-state index contributed by atoms with van der Waals surface area (Å²) in [7, 11) is 0. The third-order valence-electron chi connectivity index (χ3n) is 3.31. The summed E-state index contributed by atoms with van der Waals surface area (Å²) >= 11 is 1.15. The van der Waals surface area contributed by atoms with E-state index in [-0.39, 0.29) is 12.2 Å². The molecule has 3 nitrogen and oxygen atoms in total. The van der Waals surface area contributed by atoms with E-state index >= 15 is 0 Å². The molecule has 0 bridgehead atoms. The summed E-state index contributed by atoms with van der Waals surface area (Å²) < 4.78 is 0. The fraction of sp³-hybridized carbons (Fsp3) is 0.222. The number of rotatable bonds is 6. The summed E-state index contributed by atoms with van der Waals surface area (Å²) in [5.74, 6) is -1.40. The average molecular weight is 313 g/mol. The van der Waals surface area contributed by atoms with Gasteiger partial charge in [-0.05, 0) is 26.0 Å². The van der Waals surface area contributed by atoms with Gasteiger partial charge < -0.3 is 9.90 Å². The van der Waals surface area contributed by atoms with E-state index in [0.29, 0.717) is 5.56 Å². The first-order valence-corrected chi connectivity index (χ1v) is 7.88. The Kier molecular flexibility index (Phi) is 5.39. The fourth-order valence-corrected chi connectivity index (χ4v) is 2.93. The standard InChI is InChI=1S/C18H18O3S/c1-12-3-7-14(8-4-12)16(19)11-17(18(20)21)22-15-9-5-13(2)6-10-15/h3-10,17H,11H2,1-2H3,(H,20,21)/p-1/t17-/m0/s1. The summed E-state index contributed by atoms with van der Waals surface area (Å²) in [6.07, 6.45) is -0.0794. The van der Waals surface area contributed by atoms with Gasteiger partial charge in [-0.2, -0.15) is 0 Å². The van der Waals surface area contributed by atoms with E-state index in [1.807, 2.05) is 50.2 Å². The van der Waals surface area contributed by atoms with Crippen LogP contribution < -0.4 is 5.11 Å². The van der Waals surface area contributed by atoms with Crippen LogP contribution in [0.4, 0.5) is 0 Å². The SMILES string of the molecule is Cc1ccc(S[C@@H](CC(=O)c2ccc(C)cc2)C(=O)[O-])cc1. The number of thioether (sulfide) groups is 1. The van der Waals surface area contributed by atoms with Crippen molar-refractivity contribution in [3.63, 3.8) is 0 Å². The number of carbonyl (C=O) groups excluding carboxylic acids is 2. The molecule has 0 radical (unpaired) electrons. The predicted octanol–water partition coefficient (Wildman–Crippen LogP) is 2.79. The van der Waals surface area contributed by atoms with Crippen molar-refractivity contribution < 1.29 is 14.7 Å². The quantitative estimate of drug-likeness (QED) is 0.608. The molecule has 0 fully saturated rings. The lowest BCUT2D eigenvalue weighted by Gasteiger charge is -2.17. The maximum atomic E-state index is 12.2. The lowest BCUT2D eigenvalue weighted by atomic mass is 10.1. The van der Waals surface area contributed by atoms with Crippen LogP contribution in [0, 0.1) is 13.8 Å². The van der Waals surface area contributed by atoms with E-state index in [1.54, 1.807) is 12.1 Å². The monoisotopic (exact) mass is 313 g/mol. The van der Waals surface area contributed by atoms with Crippen LogP contribution in [-0.2, 0) is 4.79 Å². The number of carbonyl (C=O) groups is 2. The third-order valence-corrected chi connectivity index (χ3v) is 4.49. The van der Waals surface area contributed by atoms with Crippen LogP contribution in [0.1, 0.15) is 27.9 Å². The minimum atomic E-state index is -1.22. The van der Waals surface area contributed by atoms with Crippen LogP contribution in [0.2, 0.25) is 0 Å². The zero-order valence-corrected chi connectivity index (χ0v) is 13.4. The molecule has 0 unspecified atom stereocenters. The van der Waals surface area contributed by atoms with Crippen LogP contribution in [0.15, 0.2) is 53.4 Å². The Labute approximate surface area is 134 Å². The molecule has 0 aliphatic carbocycles. The second-order valence-electron chi connectivity index (χ2n) is 5.23. The minimum Gasteiger partial charge on any atom is -0.549 e. The van der Waals surface area contributed by atoms with E-state index < -0.39 is 11.2 Å². The van der Waals surface area contributed by atoms with Gasteiger partial charge in [-0.25, -0.2) is 0 Å². The number of carboxylic acids is 1. The highest BCUT2D eigenvalue weighted by atomic mass is 32.2. The number of aryl methyl sites for hydroxylation is 2. The van der Waals surface area contributed by atoms with Crippen molar-refractivity contribution in [1.29, 1.82) is 0 Å². The van der Waals surface area contributed by atoms with Gasteiger partial charge in [0, 0.05) is 16.9 Å². The van der Waals surface area contributed by atoms with Crippen LogP contribution >= 0.6 is 11.8 Å². The molecule has 22 heavy (non-hydrogen) atoms. The highest BCUT2D eigenvalue weighted by molar-refractivity contribution is 8.00. The molecular formula is C18H17O3S-. The summed E-state index contributed by atoms with van der Waals surface area (Å²) in [5.41, 5.74) is 2.69. The molecule has 1 atom stereocenters. The summed E-state index contributed by atoms with van der Waals surface area (Å²) in [4.78, 5) is 24.3. The van der Waals surface area contributed by atoms with Gasteiger partial charge in [0.1, 0.15) is 0 Å². The van der Waals surface area contributed by atoms with Gasteiger partial charge in [-0.1, -0.05) is 47.5 Å². The molecule has 0 aliphatic heterocycles. The zero-order chi connectivity index (χ0) is 16.1. The Balaban J connectivity index is 2.08. The van der Waals surface area contributed by atoms with Gasteiger partial charge >= 0.3 is 0 Å². The van der Waals surface area contributed by atoms with Gasteiger partial charge in [0.2, 0.25) is 0 Å². The van der Waals surface area contributed by atoms with Gasteiger partial charge in [0.05, 0.1) is 11.2 Å². The molecule has 4 heteroatoms. The molecule has 0 spiro atoms. The average Bonchev–Trinajstić information content (AvgIpc) is 2.49. The molecule has 0 heterocycles. The molecule has 0 N–H and O–H groups in total. The number of ketones is 1. The van der Waals surface area contributed by atoms with Gasteiger partial charge in [0.25, 0.3) is 0 Å². The molecule has 0 saturated carbocycles. The van der Waals surface area contributed by atoms with Gasteiger partial charge in [-0.3, -0.25) is 4.79 Å². The van der Waals surface area contributed by atoms with E-state index in [0.717, 1.165) is 27.8 Å². The van der Waals surface area contributed by atoms with Crippen molar-refractivity contribution in [3.8, 4) is 0 Å². The number of Topliss-reactive ketones (excluding diaryl/α,β-unsaturated/α-hetero) is 1. The Morgan fingerprint density at radius 3 is 1.95 bits per heavy atom. The normalized spacial score (nSPS) is 11.9. The molecular weight excluding hydrogens is 296 g/mol. The zero-order valence-electron chi connectivity index (χ0n) is 12.5. The van der Waals surface area contributed by atoms with Crippen LogP contribution in [-0.4, -0.2) is 17.0 Å². The predicted molar refractivity (Wildman–Crippen MR) is 86.0 cm³/mol. The Morgan fingerprint density at radius 1 is 0.955 bits per heavy atom. The Hall–Kier alpha value is -2.07. The van der Waals surface area contributed by atoms with E-state index in [1.165, 1.54) is 0 Å². The largest absolute Gasteiger partial charge is 0.549 e. The minimum absolute atomic E-state index is 0.0794. The second-order valence-corrected chi connectivity index (χ2v) is 6.51. The topological polar surface area (TPSA) is 57.2 Å². The summed E-state index contributed by atoms with van der Waals surface area (Å²) in [6, 6.07) is 14.7. The van der Waals surface area contributed by atoms with Crippen molar-refractivity contribution in [1.82, 2.24) is 0 Å². The number of aliphatic carboxylic acids is 1.